The lowest BCUT2D eigenvalue weighted by Gasteiger charge is -1.99. The van der Waals surface area contributed by atoms with E-state index >= 15 is 0 Å². The molecule has 0 unspecified atom stereocenters. The van der Waals surface area contributed by atoms with Crippen LogP contribution in [0.2, 0.25) is 0 Å². The maximum Gasteiger partial charge on any atom is 0.0901 e. The van der Waals surface area contributed by atoms with E-state index in [0.717, 1.165) is 15.5 Å². The van der Waals surface area contributed by atoms with Gasteiger partial charge in [0.25, 0.3) is 0 Å². The largest absolute Gasteiger partial charge is 0.253 e. The molecule has 0 atom stereocenters. The van der Waals surface area contributed by atoms with Crippen molar-refractivity contribution in [3.8, 4) is 0 Å². The van der Waals surface area contributed by atoms with Crippen LogP contribution < -0.4 is 0 Å². The summed E-state index contributed by atoms with van der Waals surface area (Å²) in [7, 11) is 0. The molecule has 15 heavy (non-hydrogen) atoms. The van der Waals surface area contributed by atoms with Crippen LogP contribution >= 0.6 is 15.9 Å². The van der Waals surface area contributed by atoms with E-state index in [1.807, 2.05) is 18.2 Å². The molecule has 0 aliphatic rings. The first-order valence-electron chi connectivity index (χ1n) is 4.21. The number of benzene rings is 1. The van der Waals surface area contributed by atoms with Crippen molar-refractivity contribution in [2.24, 2.45) is 5.11 Å². The van der Waals surface area contributed by atoms with Crippen molar-refractivity contribution in [3.63, 3.8) is 0 Å². The summed E-state index contributed by atoms with van der Waals surface area (Å²) >= 11 is 3.36. The predicted molar refractivity (Wildman–Crippen MR) is 60.1 cm³/mol. The van der Waals surface area contributed by atoms with Crippen LogP contribution in [-0.4, -0.2) is 9.97 Å². The molecule has 2 rings (SSSR count). The topological polar surface area (TPSA) is 74.5 Å². The summed E-state index contributed by atoms with van der Waals surface area (Å²) in [4.78, 5) is 11.2. The van der Waals surface area contributed by atoms with E-state index in [9.17, 15) is 0 Å². The van der Waals surface area contributed by atoms with Gasteiger partial charge in [0.15, 0.2) is 0 Å². The van der Waals surface area contributed by atoms with Gasteiger partial charge in [-0.15, -0.1) is 0 Å². The van der Waals surface area contributed by atoms with Gasteiger partial charge in [0.1, 0.15) is 0 Å². The number of rotatable bonds is 2. The first-order chi connectivity index (χ1) is 7.29. The Bertz CT molecular complexity index is 547. The van der Waals surface area contributed by atoms with Crippen molar-refractivity contribution in [2.45, 2.75) is 6.54 Å². The highest BCUT2D eigenvalue weighted by Crippen LogP contribution is 2.16. The molecule has 1 heterocycles. The molecule has 1 aromatic carbocycles. The van der Waals surface area contributed by atoms with Gasteiger partial charge in [-0.2, -0.15) is 0 Å². The summed E-state index contributed by atoms with van der Waals surface area (Å²) in [5.41, 5.74) is 10.5. The number of halogens is 1. The number of aromatic nitrogens is 2. The number of fused-ring (bicyclic) bond motifs is 1. The van der Waals surface area contributed by atoms with Crippen molar-refractivity contribution in [3.05, 3.63) is 45.0 Å². The van der Waals surface area contributed by atoms with Crippen LogP contribution in [-0.2, 0) is 6.54 Å². The van der Waals surface area contributed by atoms with Crippen molar-refractivity contribution in [1.29, 1.82) is 0 Å². The summed E-state index contributed by atoms with van der Waals surface area (Å²) in [5, 5.41) is 3.44. The molecule has 5 nitrogen and oxygen atoms in total. The fraction of sp³-hybridized carbons (Fsp3) is 0.111. The lowest BCUT2D eigenvalue weighted by atomic mass is 10.3. The van der Waals surface area contributed by atoms with Crippen LogP contribution in [0, 0.1) is 0 Å². The molecular weight excluding hydrogens is 258 g/mol. The molecule has 0 saturated carbocycles. The van der Waals surface area contributed by atoms with Crippen LogP contribution in [0.4, 0.5) is 0 Å². The van der Waals surface area contributed by atoms with Gasteiger partial charge in [0.05, 0.1) is 23.3 Å². The first kappa shape index (κ1) is 9.89. The molecule has 0 saturated heterocycles. The Morgan fingerprint density at radius 1 is 1.40 bits per heavy atom. The molecule has 0 radical (unpaired) electrons. The van der Waals surface area contributed by atoms with E-state index in [4.69, 9.17) is 5.53 Å². The highest BCUT2D eigenvalue weighted by atomic mass is 79.9. The van der Waals surface area contributed by atoms with Crippen LogP contribution in [0.25, 0.3) is 21.5 Å². The smallest absolute Gasteiger partial charge is 0.0901 e. The molecule has 0 aliphatic carbocycles. The normalized spacial score (nSPS) is 9.93. The van der Waals surface area contributed by atoms with Gasteiger partial charge in [-0.3, -0.25) is 4.98 Å². The minimum Gasteiger partial charge on any atom is -0.253 e. The van der Waals surface area contributed by atoms with E-state index in [-0.39, 0.29) is 6.54 Å². The Kier molecular flexibility index (Phi) is 2.80. The second-order valence-electron chi connectivity index (χ2n) is 2.88. The van der Waals surface area contributed by atoms with Crippen LogP contribution in [0.1, 0.15) is 5.69 Å². The van der Waals surface area contributed by atoms with Crippen molar-refractivity contribution in [1.82, 2.24) is 9.97 Å². The SMILES string of the molecule is [N-]=[N+]=NCc1cnc2ccc(Br)cc2n1. The van der Waals surface area contributed by atoms with E-state index in [1.165, 1.54) is 0 Å². The Labute approximate surface area is 93.9 Å². The summed E-state index contributed by atoms with van der Waals surface area (Å²) in [6.45, 7) is 0.228. The molecule has 0 spiro atoms. The zero-order valence-electron chi connectivity index (χ0n) is 7.63. The first-order valence-corrected chi connectivity index (χ1v) is 5.01. The Morgan fingerprint density at radius 3 is 3.07 bits per heavy atom. The van der Waals surface area contributed by atoms with E-state index < -0.39 is 0 Å². The fourth-order valence-electron chi connectivity index (χ4n) is 1.20. The maximum atomic E-state index is 8.19. The van der Waals surface area contributed by atoms with Gasteiger partial charge in [-0.05, 0) is 23.7 Å². The van der Waals surface area contributed by atoms with Crippen LogP contribution in [0.5, 0.6) is 0 Å². The highest BCUT2D eigenvalue weighted by Gasteiger charge is 1.99. The molecule has 6 heteroatoms. The second-order valence-corrected chi connectivity index (χ2v) is 3.80. The zero-order valence-corrected chi connectivity index (χ0v) is 9.22. The van der Waals surface area contributed by atoms with E-state index in [1.54, 1.807) is 6.20 Å². The quantitative estimate of drug-likeness (QED) is 0.474. The third-order valence-corrected chi connectivity index (χ3v) is 2.34. The van der Waals surface area contributed by atoms with Crippen molar-refractivity contribution < 1.29 is 0 Å². The molecule has 0 fully saturated rings. The molecule has 0 aliphatic heterocycles. The van der Waals surface area contributed by atoms with Gasteiger partial charge < -0.3 is 0 Å². The van der Waals surface area contributed by atoms with Gasteiger partial charge in [0, 0.05) is 15.6 Å². The highest BCUT2D eigenvalue weighted by molar-refractivity contribution is 9.10. The van der Waals surface area contributed by atoms with E-state index in [0.29, 0.717) is 5.69 Å². The monoisotopic (exact) mass is 263 g/mol. The predicted octanol–water partition coefficient (Wildman–Crippen LogP) is 3.20. The summed E-state index contributed by atoms with van der Waals surface area (Å²) in [6, 6.07) is 5.66. The van der Waals surface area contributed by atoms with Crippen molar-refractivity contribution in [2.75, 3.05) is 0 Å². The Balaban J connectivity index is 2.49. The second kappa shape index (κ2) is 4.25. The summed E-state index contributed by atoms with van der Waals surface area (Å²) in [5.74, 6) is 0. The Morgan fingerprint density at radius 2 is 2.27 bits per heavy atom. The lowest BCUT2D eigenvalue weighted by Crippen LogP contribution is -1.90. The molecule has 0 N–H and O–H groups in total. The lowest BCUT2D eigenvalue weighted by molar-refractivity contribution is 0.973. The fourth-order valence-corrected chi connectivity index (χ4v) is 1.55. The number of azide groups is 1. The van der Waals surface area contributed by atoms with E-state index in [2.05, 4.69) is 35.9 Å². The molecular formula is C9H6BrN5. The number of nitrogens with zero attached hydrogens (tertiary/aromatic N) is 5. The van der Waals surface area contributed by atoms with Gasteiger partial charge in [-0.1, -0.05) is 21.0 Å². The third-order valence-electron chi connectivity index (χ3n) is 1.85. The molecule has 2 aromatic rings. The zero-order chi connectivity index (χ0) is 10.7. The maximum absolute atomic E-state index is 8.19. The minimum atomic E-state index is 0.228. The average molecular weight is 264 g/mol. The third kappa shape index (κ3) is 2.23. The average Bonchev–Trinajstić information content (AvgIpc) is 2.25. The molecule has 0 amide bonds. The van der Waals surface area contributed by atoms with Crippen LogP contribution in [0.15, 0.2) is 34.0 Å². The van der Waals surface area contributed by atoms with Crippen molar-refractivity contribution >= 4 is 27.0 Å². The minimum absolute atomic E-state index is 0.228. The molecule has 74 valence electrons. The molecule has 0 bridgehead atoms. The standard InChI is InChI=1S/C9H6BrN5/c10-6-1-2-8-9(3-6)14-7(4-12-8)5-13-15-11/h1-4H,5H2. The van der Waals surface area contributed by atoms with Gasteiger partial charge >= 0.3 is 0 Å². The molecule has 1 aromatic heterocycles. The van der Waals surface area contributed by atoms with Gasteiger partial charge in [-0.25, -0.2) is 4.98 Å². The number of hydrogen-bond donors (Lipinski definition) is 0. The van der Waals surface area contributed by atoms with Gasteiger partial charge in [0.2, 0.25) is 0 Å². The Hall–Kier alpha value is -1.65. The summed E-state index contributed by atoms with van der Waals surface area (Å²) < 4.78 is 0.949. The summed E-state index contributed by atoms with van der Waals surface area (Å²) in [6.07, 6.45) is 1.62. The number of hydrogen-bond acceptors (Lipinski definition) is 3. The van der Waals surface area contributed by atoms with Crippen LogP contribution in [0.3, 0.4) is 0 Å².